The van der Waals surface area contributed by atoms with E-state index >= 15 is 0 Å². The maximum atomic E-state index is 12.2. The van der Waals surface area contributed by atoms with Crippen LogP contribution in [0.1, 0.15) is 24.5 Å². The predicted molar refractivity (Wildman–Crippen MR) is 82.0 cm³/mol. The number of carbonyl (C=O) groups is 1. The summed E-state index contributed by atoms with van der Waals surface area (Å²) in [5, 5.41) is 0. The quantitative estimate of drug-likeness (QED) is 0.788. The Balaban J connectivity index is 2.07. The number of fused-ring (bicyclic) bond motifs is 1. The third-order valence-corrected chi connectivity index (χ3v) is 4.80. The minimum absolute atomic E-state index is 0.0288. The van der Waals surface area contributed by atoms with Crippen molar-refractivity contribution in [3.05, 3.63) is 47.2 Å². The summed E-state index contributed by atoms with van der Waals surface area (Å²) in [6.07, 6.45) is 5.83. The van der Waals surface area contributed by atoms with Gasteiger partial charge >= 0.3 is 0 Å². The van der Waals surface area contributed by atoms with Crippen LogP contribution in [0.5, 0.6) is 0 Å². The average Bonchev–Trinajstić information content (AvgIpc) is 2.93. The van der Waals surface area contributed by atoms with Crippen LogP contribution in [0.15, 0.2) is 45.9 Å². The lowest BCUT2D eigenvalue weighted by Gasteiger charge is -2.04. The van der Waals surface area contributed by atoms with Gasteiger partial charge < -0.3 is 0 Å². The van der Waals surface area contributed by atoms with Crippen molar-refractivity contribution in [1.29, 1.82) is 0 Å². The van der Waals surface area contributed by atoms with Crippen molar-refractivity contribution in [1.82, 2.24) is 0 Å². The van der Waals surface area contributed by atoms with E-state index in [0.717, 1.165) is 28.8 Å². The molecule has 0 unspecified atom stereocenters. The number of ketones is 1. The molecule has 1 aromatic carbocycles. The van der Waals surface area contributed by atoms with Gasteiger partial charge in [-0.1, -0.05) is 6.07 Å². The molecule has 108 valence electrons. The molecule has 1 aliphatic carbocycles. The fourth-order valence-electron chi connectivity index (χ4n) is 2.62. The Hall–Kier alpha value is -2.01. The monoisotopic (exact) mass is 301 g/mol. The Bertz CT molecular complexity index is 842. The first kappa shape index (κ1) is 13.9. The van der Waals surface area contributed by atoms with Gasteiger partial charge in [-0.25, -0.2) is 8.42 Å². The first-order chi connectivity index (χ1) is 9.84. The van der Waals surface area contributed by atoms with E-state index in [2.05, 4.69) is 4.99 Å². The van der Waals surface area contributed by atoms with E-state index in [4.69, 9.17) is 0 Å². The van der Waals surface area contributed by atoms with Crippen LogP contribution >= 0.6 is 0 Å². The van der Waals surface area contributed by atoms with Crippen molar-refractivity contribution >= 4 is 26.9 Å². The van der Waals surface area contributed by atoms with Crippen LogP contribution in [0.25, 0.3) is 5.57 Å². The van der Waals surface area contributed by atoms with Gasteiger partial charge in [-0.3, -0.25) is 9.79 Å². The van der Waals surface area contributed by atoms with Crippen LogP contribution < -0.4 is 0 Å². The summed E-state index contributed by atoms with van der Waals surface area (Å²) >= 11 is 0. The molecule has 1 heterocycles. The topological polar surface area (TPSA) is 63.6 Å². The SMILES string of the molecule is CC1=NC=C(/C=C2\C(=O)Cc3ccc(S(C)(=O)=O)cc32)C1. The molecule has 0 saturated heterocycles. The maximum Gasteiger partial charge on any atom is 0.175 e. The van der Waals surface area contributed by atoms with Crippen LogP contribution in [-0.2, 0) is 21.1 Å². The minimum Gasteiger partial charge on any atom is -0.294 e. The van der Waals surface area contributed by atoms with E-state index in [1.54, 1.807) is 24.4 Å². The van der Waals surface area contributed by atoms with Crippen molar-refractivity contribution in [2.75, 3.05) is 6.26 Å². The summed E-state index contributed by atoms with van der Waals surface area (Å²) in [6.45, 7) is 1.94. The molecule has 1 aromatic rings. The number of nitrogens with zero attached hydrogens (tertiary/aromatic N) is 1. The molecular weight excluding hydrogens is 286 g/mol. The molecule has 0 radical (unpaired) electrons. The van der Waals surface area contributed by atoms with Gasteiger partial charge in [0.1, 0.15) is 0 Å². The summed E-state index contributed by atoms with van der Waals surface area (Å²) in [6, 6.07) is 4.90. The van der Waals surface area contributed by atoms with Gasteiger partial charge in [0.15, 0.2) is 15.6 Å². The Morgan fingerprint density at radius 1 is 1.24 bits per heavy atom. The zero-order valence-electron chi connectivity index (χ0n) is 11.9. The fraction of sp³-hybridized carbons (Fsp3) is 0.250. The molecule has 0 atom stereocenters. The van der Waals surface area contributed by atoms with Gasteiger partial charge in [0.25, 0.3) is 0 Å². The van der Waals surface area contributed by atoms with Crippen molar-refractivity contribution in [2.24, 2.45) is 4.99 Å². The molecule has 4 nitrogen and oxygen atoms in total. The number of aliphatic imine (C=N–C) groups is 1. The van der Waals surface area contributed by atoms with Crippen molar-refractivity contribution < 1.29 is 13.2 Å². The van der Waals surface area contributed by atoms with Gasteiger partial charge in [0, 0.05) is 36.6 Å². The van der Waals surface area contributed by atoms with E-state index in [9.17, 15) is 13.2 Å². The number of allylic oxidation sites excluding steroid dienone is 3. The molecule has 1 aliphatic heterocycles. The second kappa shape index (κ2) is 4.77. The summed E-state index contributed by atoms with van der Waals surface area (Å²) in [5.74, 6) is 0.0288. The van der Waals surface area contributed by atoms with E-state index in [1.165, 1.54) is 6.26 Å². The molecule has 21 heavy (non-hydrogen) atoms. The third kappa shape index (κ3) is 2.61. The van der Waals surface area contributed by atoms with Crippen LogP contribution in [0, 0.1) is 0 Å². The van der Waals surface area contributed by atoms with Gasteiger partial charge in [0.2, 0.25) is 0 Å². The molecule has 0 aromatic heterocycles. The molecule has 0 bridgehead atoms. The summed E-state index contributed by atoms with van der Waals surface area (Å²) in [5.41, 5.74) is 4.20. The molecule has 3 rings (SSSR count). The number of sulfone groups is 1. The third-order valence-electron chi connectivity index (χ3n) is 3.69. The second-order valence-corrected chi connectivity index (χ2v) is 7.51. The van der Waals surface area contributed by atoms with Crippen LogP contribution in [0.4, 0.5) is 0 Å². The highest BCUT2D eigenvalue weighted by atomic mass is 32.2. The number of rotatable bonds is 2. The van der Waals surface area contributed by atoms with E-state index in [0.29, 0.717) is 12.0 Å². The molecule has 2 aliphatic rings. The largest absolute Gasteiger partial charge is 0.294 e. The predicted octanol–water partition coefficient (Wildman–Crippen LogP) is 2.35. The number of carbonyl (C=O) groups excluding carboxylic acids is 1. The lowest BCUT2D eigenvalue weighted by molar-refractivity contribution is -0.112. The lowest BCUT2D eigenvalue weighted by atomic mass is 10.0. The number of Topliss-reactive ketones (excluding diaryl/α,β-unsaturated/α-hetero) is 1. The highest BCUT2D eigenvalue weighted by Gasteiger charge is 2.26. The zero-order chi connectivity index (χ0) is 15.2. The maximum absolute atomic E-state index is 12.2. The molecular formula is C16H15NO3S. The number of hydrogen-bond donors (Lipinski definition) is 0. The molecule has 0 spiro atoms. The number of benzene rings is 1. The normalized spacial score (nSPS) is 19.7. The standard InChI is InChI=1S/C16H15NO3S/c1-10-5-11(9-17-10)6-15-14-8-13(21(2,19)20)4-3-12(14)7-16(15)18/h3-4,6,8-9H,5,7H2,1-2H3/b15-6-. The molecule has 0 amide bonds. The Kier molecular flexibility index (Phi) is 3.17. The highest BCUT2D eigenvalue weighted by molar-refractivity contribution is 7.90. The molecule has 0 N–H and O–H groups in total. The lowest BCUT2D eigenvalue weighted by Crippen LogP contribution is -1.98. The minimum atomic E-state index is -3.28. The van der Waals surface area contributed by atoms with Crippen molar-refractivity contribution in [2.45, 2.75) is 24.7 Å². The van der Waals surface area contributed by atoms with Gasteiger partial charge in [0.05, 0.1) is 4.90 Å². The van der Waals surface area contributed by atoms with Crippen molar-refractivity contribution in [3.8, 4) is 0 Å². The van der Waals surface area contributed by atoms with Gasteiger partial charge in [-0.05, 0) is 41.8 Å². The molecule has 5 heteroatoms. The van der Waals surface area contributed by atoms with E-state index < -0.39 is 9.84 Å². The summed E-state index contributed by atoms with van der Waals surface area (Å²) < 4.78 is 23.3. The Morgan fingerprint density at radius 2 is 2.00 bits per heavy atom. The van der Waals surface area contributed by atoms with Crippen LogP contribution in [-0.4, -0.2) is 26.2 Å². The second-order valence-electron chi connectivity index (χ2n) is 5.49. The fourth-order valence-corrected chi connectivity index (χ4v) is 3.27. The highest BCUT2D eigenvalue weighted by Crippen LogP contribution is 2.33. The Morgan fingerprint density at radius 3 is 2.62 bits per heavy atom. The van der Waals surface area contributed by atoms with E-state index in [-0.39, 0.29) is 10.7 Å². The van der Waals surface area contributed by atoms with Gasteiger partial charge in [-0.2, -0.15) is 0 Å². The first-order valence-corrected chi connectivity index (χ1v) is 8.54. The van der Waals surface area contributed by atoms with Crippen LogP contribution in [0.2, 0.25) is 0 Å². The Labute approximate surface area is 123 Å². The van der Waals surface area contributed by atoms with Crippen LogP contribution in [0.3, 0.4) is 0 Å². The first-order valence-electron chi connectivity index (χ1n) is 6.65. The molecule has 0 saturated carbocycles. The van der Waals surface area contributed by atoms with Crippen molar-refractivity contribution in [3.63, 3.8) is 0 Å². The van der Waals surface area contributed by atoms with Gasteiger partial charge in [-0.15, -0.1) is 0 Å². The smallest absolute Gasteiger partial charge is 0.175 e. The molecule has 0 fully saturated rings. The van der Waals surface area contributed by atoms with E-state index in [1.807, 2.05) is 13.0 Å². The zero-order valence-corrected chi connectivity index (χ0v) is 12.7. The number of hydrogen-bond acceptors (Lipinski definition) is 4. The summed E-state index contributed by atoms with van der Waals surface area (Å²) in [4.78, 5) is 16.6. The average molecular weight is 301 g/mol. The summed E-state index contributed by atoms with van der Waals surface area (Å²) in [7, 11) is -3.28.